The summed E-state index contributed by atoms with van der Waals surface area (Å²) < 4.78 is 10.9. The zero-order chi connectivity index (χ0) is 10.7. The van der Waals surface area contributed by atoms with E-state index in [4.69, 9.17) is 15.2 Å². The monoisotopic (exact) mass is 207 g/mol. The molecule has 1 saturated carbocycles. The lowest BCUT2D eigenvalue weighted by Gasteiger charge is -2.09. The van der Waals surface area contributed by atoms with E-state index in [1.807, 2.05) is 18.2 Å². The van der Waals surface area contributed by atoms with Crippen molar-refractivity contribution >= 4 is 0 Å². The third kappa shape index (κ3) is 2.86. The number of hydrogen-bond donors (Lipinski definition) is 1. The molecule has 0 unspecified atom stereocenters. The molecule has 3 nitrogen and oxygen atoms in total. The van der Waals surface area contributed by atoms with Crippen molar-refractivity contribution in [2.45, 2.75) is 19.4 Å². The van der Waals surface area contributed by atoms with Crippen LogP contribution in [0.5, 0.6) is 11.5 Å². The van der Waals surface area contributed by atoms with Crippen molar-refractivity contribution in [1.82, 2.24) is 0 Å². The zero-order valence-electron chi connectivity index (χ0n) is 9.03. The smallest absolute Gasteiger partial charge is 0.123 e. The number of rotatable bonds is 5. The summed E-state index contributed by atoms with van der Waals surface area (Å²) in [6.07, 6.45) is 2.60. The molecule has 0 aliphatic heterocycles. The van der Waals surface area contributed by atoms with Crippen LogP contribution in [-0.4, -0.2) is 13.7 Å². The molecule has 15 heavy (non-hydrogen) atoms. The lowest BCUT2D eigenvalue weighted by Crippen LogP contribution is -2.02. The van der Waals surface area contributed by atoms with Gasteiger partial charge in [0.05, 0.1) is 13.7 Å². The Morgan fingerprint density at radius 1 is 1.27 bits per heavy atom. The van der Waals surface area contributed by atoms with Crippen molar-refractivity contribution in [2.75, 3.05) is 13.7 Å². The summed E-state index contributed by atoms with van der Waals surface area (Å²) >= 11 is 0. The molecular weight excluding hydrogens is 190 g/mol. The average Bonchev–Trinajstić information content (AvgIpc) is 3.09. The van der Waals surface area contributed by atoms with Crippen LogP contribution >= 0.6 is 0 Å². The Bertz CT molecular complexity index is 312. The normalized spacial score (nSPS) is 15.1. The highest BCUT2D eigenvalue weighted by Gasteiger charge is 2.21. The minimum absolute atomic E-state index is 0.511. The largest absolute Gasteiger partial charge is 0.497 e. The van der Waals surface area contributed by atoms with Gasteiger partial charge in [0, 0.05) is 12.6 Å². The number of benzene rings is 1. The molecule has 1 aromatic rings. The Hall–Kier alpha value is -1.22. The highest BCUT2D eigenvalue weighted by molar-refractivity contribution is 5.38. The van der Waals surface area contributed by atoms with E-state index in [-0.39, 0.29) is 0 Å². The molecule has 3 heteroatoms. The molecule has 2 N–H and O–H groups in total. The van der Waals surface area contributed by atoms with E-state index in [0.717, 1.165) is 29.6 Å². The van der Waals surface area contributed by atoms with Gasteiger partial charge in [-0.2, -0.15) is 0 Å². The maximum Gasteiger partial charge on any atom is 0.123 e. The summed E-state index contributed by atoms with van der Waals surface area (Å²) in [5.74, 6) is 2.43. The quantitative estimate of drug-likeness (QED) is 0.802. The fourth-order valence-corrected chi connectivity index (χ4v) is 1.45. The summed E-state index contributed by atoms with van der Waals surface area (Å²) in [5, 5.41) is 0. The van der Waals surface area contributed by atoms with Gasteiger partial charge in [-0.3, -0.25) is 0 Å². The average molecular weight is 207 g/mol. The van der Waals surface area contributed by atoms with Crippen LogP contribution in [0.4, 0.5) is 0 Å². The van der Waals surface area contributed by atoms with Gasteiger partial charge in [-0.1, -0.05) is 0 Å². The van der Waals surface area contributed by atoms with Crippen molar-refractivity contribution in [1.29, 1.82) is 0 Å². The van der Waals surface area contributed by atoms with Gasteiger partial charge in [0.15, 0.2) is 0 Å². The van der Waals surface area contributed by atoms with Crippen molar-refractivity contribution in [3.05, 3.63) is 23.8 Å². The summed E-state index contributed by atoms with van der Waals surface area (Å²) in [7, 11) is 1.65. The van der Waals surface area contributed by atoms with E-state index >= 15 is 0 Å². The van der Waals surface area contributed by atoms with Gasteiger partial charge in [0.25, 0.3) is 0 Å². The number of nitrogens with two attached hydrogens (primary N) is 1. The molecule has 1 aliphatic carbocycles. The van der Waals surface area contributed by atoms with E-state index in [1.54, 1.807) is 7.11 Å². The van der Waals surface area contributed by atoms with Crippen molar-refractivity contribution < 1.29 is 9.47 Å². The van der Waals surface area contributed by atoms with Crippen molar-refractivity contribution in [3.63, 3.8) is 0 Å². The highest BCUT2D eigenvalue weighted by Crippen LogP contribution is 2.30. The molecule has 1 fully saturated rings. The standard InChI is InChI=1S/C12H17NO2/c1-14-11-4-10(7-13)5-12(6-11)15-8-9-2-3-9/h4-6,9H,2-3,7-8,13H2,1H3. The highest BCUT2D eigenvalue weighted by atomic mass is 16.5. The summed E-state index contributed by atoms with van der Waals surface area (Å²) in [6.45, 7) is 1.33. The van der Waals surface area contributed by atoms with Crippen molar-refractivity contribution in [2.24, 2.45) is 11.7 Å². The Kier molecular flexibility index (Phi) is 3.11. The first-order valence-corrected chi connectivity index (χ1v) is 5.32. The minimum Gasteiger partial charge on any atom is -0.497 e. The van der Waals surface area contributed by atoms with Gasteiger partial charge in [0.2, 0.25) is 0 Å². The molecular formula is C12H17NO2. The Morgan fingerprint density at radius 3 is 2.60 bits per heavy atom. The van der Waals surface area contributed by atoms with Gasteiger partial charge < -0.3 is 15.2 Å². The van der Waals surface area contributed by atoms with Crippen LogP contribution in [0, 0.1) is 5.92 Å². The summed E-state index contributed by atoms with van der Waals surface area (Å²) in [6, 6.07) is 5.82. The van der Waals surface area contributed by atoms with Gasteiger partial charge >= 0.3 is 0 Å². The fraction of sp³-hybridized carbons (Fsp3) is 0.500. The zero-order valence-corrected chi connectivity index (χ0v) is 9.03. The predicted molar refractivity (Wildman–Crippen MR) is 59.1 cm³/mol. The molecule has 0 heterocycles. The molecule has 0 atom stereocenters. The van der Waals surface area contributed by atoms with Crippen LogP contribution in [0.2, 0.25) is 0 Å². The molecule has 0 saturated heterocycles. The Morgan fingerprint density at radius 2 is 2.00 bits per heavy atom. The molecule has 1 aliphatic rings. The molecule has 0 bridgehead atoms. The first-order valence-electron chi connectivity index (χ1n) is 5.32. The maximum atomic E-state index is 5.68. The number of methoxy groups -OCH3 is 1. The van der Waals surface area contributed by atoms with E-state index in [0.29, 0.717) is 6.54 Å². The fourth-order valence-electron chi connectivity index (χ4n) is 1.45. The SMILES string of the molecule is COc1cc(CN)cc(OCC2CC2)c1. The van der Waals surface area contributed by atoms with Gasteiger partial charge in [0.1, 0.15) is 11.5 Å². The second-order valence-electron chi connectivity index (χ2n) is 3.98. The third-order valence-corrected chi connectivity index (χ3v) is 2.59. The molecule has 1 aromatic carbocycles. The molecule has 0 radical (unpaired) electrons. The predicted octanol–water partition coefficient (Wildman–Crippen LogP) is 1.94. The van der Waals surface area contributed by atoms with E-state index < -0.39 is 0 Å². The van der Waals surface area contributed by atoms with Crippen LogP contribution in [-0.2, 0) is 6.54 Å². The third-order valence-electron chi connectivity index (χ3n) is 2.59. The van der Waals surface area contributed by atoms with Crippen LogP contribution in [0.15, 0.2) is 18.2 Å². The Labute approximate surface area is 90.2 Å². The van der Waals surface area contributed by atoms with Crippen LogP contribution in [0.25, 0.3) is 0 Å². The molecule has 0 aromatic heterocycles. The molecule has 82 valence electrons. The molecule has 0 spiro atoms. The topological polar surface area (TPSA) is 44.5 Å². The second-order valence-corrected chi connectivity index (χ2v) is 3.98. The summed E-state index contributed by atoms with van der Waals surface area (Å²) in [4.78, 5) is 0. The van der Waals surface area contributed by atoms with Crippen molar-refractivity contribution in [3.8, 4) is 11.5 Å². The lowest BCUT2D eigenvalue weighted by atomic mass is 10.2. The van der Waals surface area contributed by atoms with E-state index in [2.05, 4.69) is 0 Å². The minimum atomic E-state index is 0.511. The van der Waals surface area contributed by atoms with E-state index in [9.17, 15) is 0 Å². The summed E-state index contributed by atoms with van der Waals surface area (Å²) in [5.41, 5.74) is 6.64. The first kappa shape index (κ1) is 10.3. The van der Waals surface area contributed by atoms with Gasteiger partial charge in [-0.25, -0.2) is 0 Å². The second kappa shape index (κ2) is 4.53. The Balaban J connectivity index is 2.06. The lowest BCUT2D eigenvalue weighted by molar-refractivity contribution is 0.297. The number of ether oxygens (including phenoxy) is 2. The molecule has 2 rings (SSSR count). The maximum absolute atomic E-state index is 5.68. The first-order chi connectivity index (χ1) is 7.31. The molecule has 0 amide bonds. The van der Waals surface area contributed by atoms with Crippen LogP contribution in [0.3, 0.4) is 0 Å². The van der Waals surface area contributed by atoms with Gasteiger partial charge in [-0.15, -0.1) is 0 Å². The van der Waals surface area contributed by atoms with E-state index in [1.165, 1.54) is 12.8 Å². The van der Waals surface area contributed by atoms with Crippen LogP contribution in [0.1, 0.15) is 18.4 Å². The van der Waals surface area contributed by atoms with Crippen LogP contribution < -0.4 is 15.2 Å². The van der Waals surface area contributed by atoms with Gasteiger partial charge in [-0.05, 0) is 36.5 Å². The number of hydrogen-bond acceptors (Lipinski definition) is 3.